The van der Waals surface area contributed by atoms with Gasteiger partial charge in [-0.25, -0.2) is 9.36 Å². The summed E-state index contributed by atoms with van der Waals surface area (Å²) in [6, 6.07) is 11.8. The second-order valence-corrected chi connectivity index (χ2v) is 7.61. The minimum Gasteiger partial charge on any atom is -0.495 e. The largest absolute Gasteiger partial charge is 0.495 e. The van der Waals surface area contributed by atoms with Gasteiger partial charge in [-0.2, -0.15) is 10.2 Å². The Labute approximate surface area is 187 Å². The van der Waals surface area contributed by atoms with Crippen LogP contribution in [0.15, 0.2) is 53.5 Å². The highest BCUT2D eigenvalue weighted by atomic mass is 35.5. The summed E-state index contributed by atoms with van der Waals surface area (Å²) >= 11 is 12.1. The van der Waals surface area contributed by atoms with Crippen molar-refractivity contribution in [3.8, 4) is 11.4 Å². The molecular formula is C21H17Cl2N5O3. The molecule has 0 spiro atoms. The van der Waals surface area contributed by atoms with Crippen LogP contribution < -0.4 is 15.6 Å². The fraction of sp³-hybridized carbons (Fsp3) is 0.143. The van der Waals surface area contributed by atoms with Crippen molar-refractivity contribution < 1.29 is 9.53 Å². The molecule has 1 amide bonds. The molecule has 0 aliphatic carbocycles. The highest BCUT2D eigenvalue weighted by molar-refractivity contribution is 6.31. The zero-order chi connectivity index (χ0) is 22.1. The Bertz CT molecular complexity index is 1360. The zero-order valence-corrected chi connectivity index (χ0v) is 18.1. The van der Waals surface area contributed by atoms with E-state index in [-0.39, 0.29) is 6.54 Å². The lowest BCUT2D eigenvalue weighted by Crippen LogP contribution is -2.31. The molecule has 31 heavy (non-hydrogen) atoms. The molecule has 0 fully saturated rings. The Morgan fingerprint density at radius 1 is 1.16 bits per heavy atom. The number of anilines is 1. The van der Waals surface area contributed by atoms with Crippen LogP contribution in [0, 0.1) is 6.92 Å². The van der Waals surface area contributed by atoms with Crippen molar-refractivity contribution in [1.29, 1.82) is 0 Å². The molecule has 8 nitrogen and oxygen atoms in total. The monoisotopic (exact) mass is 457 g/mol. The van der Waals surface area contributed by atoms with Gasteiger partial charge < -0.3 is 10.1 Å². The summed E-state index contributed by atoms with van der Waals surface area (Å²) in [5, 5.41) is 12.9. The average molecular weight is 458 g/mol. The van der Waals surface area contributed by atoms with E-state index in [1.54, 1.807) is 55.6 Å². The summed E-state index contributed by atoms with van der Waals surface area (Å²) in [6.45, 7) is 1.45. The van der Waals surface area contributed by atoms with Crippen LogP contribution in [0.2, 0.25) is 10.0 Å². The lowest BCUT2D eigenvalue weighted by Gasteiger charge is -2.12. The second-order valence-electron chi connectivity index (χ2n) is 6.74. The number of hydrogen-bond donors (Lipinski definition) is 1. The van der Waals surface area contributed by atoms with E-state index in [9.17, 15) is 9.59 Å². The summed E-state index contributed by atoms with van der Waals surface area (Å²) < 4.78 is 7.83. The number of amides is 1. The number of fused-ring (bicyclic) bond motifs is 1. The summed E-state index contributed by atoms with van der Waals surface area (Å²) in [5.74, 6) is -0.00791. The average Bonchev–Trinajstić information content (AvgIpc) is 3.18. The van der Waals surface area contributed by atoms with Gasteiger partial charge in [0.15, 0.2) is 0 Å². The van der Waals surface area contributed by atoms with Crippen LogP contribution in [0.5, 0.6) is 5.75 Å². The van der Waals surface area contributed by atoms with E-state index < -0.39 is 11.5 Å². The maximum absolute atomic E-state index is 13.2. The minimum absolute atomic E-state index is 0.300. The highest BCUT2D eigenvalue weighted by Crippen LogP contribution is 2.27. The first-order chi connectivity index (χ1) is 14.9. The van der Waals surface area contributed by atoms with E-state index in [0.29, 0.717) is 43.8 Å². The number of halogens is 2. The minimum atomic E-state index is -0.456. The van der Waals surface area contributed by atoms with Crippen molar-refractivity contribution >= 4 is 45.7 Å². The first-order valence-corrected chi connectivity index (χ1v) is 9.97. The number of carbonyl (C=O) groups is 1. The topological polar surface area (TPSA) is 91.0 Å². The fourth-order valence-corrected chi connectivity index (χ4v) is 3.59. The molecule has 0 saturated carbocycles. The predicted molar refractivity (Wildman–Crippen MR) is 120 cm³/mol. The third-order valence-electron chi connectivity index (χ3n) is 4.65. The first-order valence-electron chi connectivity index (χ1n) is 9.22. The summed E-state index contributed by atoms with van der Waals surface area (Å²) in [6.07, 6.45) is 1.57. The number of ether oxygens (including phenoxy) is 1. The number of carbonyl (C=O) groups excluding carboxylic acids is 1. The molecule has 0 bridgehead atoms. The Morgan fingerprint density at radius 3 is 2.68 bits per heavy atom. The van der Waals surface area contributed by atoms with Gasteiger partial charge in [0.1, 0.15) is 17.8 Å². The number of aryl methyl sites for hydroxylation is 1. The first kappa shape index (κ1) is 20.9. The Hall–Kier alpha value is -3.36. The molecule has 158 valence electrons. The van der Waals surface area contributed by atoms with E-state index in [2.05, 4.69) is 15.5 Å². The van der Waals surface area contributed by atoms with Crippen molar-refractivity contribution in [3.63, 3.8) is 0 Å². The van der Waals surface area contributed by atoms with Crippen molar-refractivity contribution in [2.45, 2.75) is 13.5 Å². The van der Waals surface area contributed by atoms with Gasteiger partial charge in [0.05, 0.1) is 30.4 Å². The molecule has 0 atom stereocenters. The zero-order valence-electron chi connectivity index (χ0n) is 16.6. The van der Waals surface area contributed by atoms with Crippen molar-refractivity contribution in [2.24, 2.45) is 0 Å². The normalized spacial score (nSPS) is 11.0. The fourth-order valence-electron chi connectivity index (χ4n) is 3.24. The number of benzene rings is 2. The highest BCUT2D eigenvalue weighted by Gasteiger charge is 2.17. The molecular weight excluding hydrogens is 441 g/mol. The smallest absolute Gasteiger partial charge is 0.293 e. The lowest BCUT2D eigenvalue weighted by atomic mass is 10.2. The summed E-state index contributed by atoms with van der Waals surface area (Å²) in [4.78, 5) is 25.8. The van der Waals surface area contributed by atoms with E-state index >= 15 is 0 Å². The standard InChI is InChI=1S/C21H17Cl2N5O3/c1-12-16-10-24-28(15-5-3-4-13(22)8-15)20(16)21(30)27(26-12)11-19(29)25-17-9-14(23)6-7-18(17)31-2/h3-10H,11H2,1-2H3,(H,25,29). The van der Waals surface area contributed by atoms with Gasteiger partial charge in [-0.3, -0.25) is 9.59 Å². The number of methoxy groups -OCH3 is 1. The molecule has 4 rings (SSSR count). The predicted octanol–water partition coefficient (Wildman–Crippen LogP) is 3.84. The van der Waals surface area contributed by atoms with E-state index in [1.807, 2.05) is 0 Å². The Morgan fingerprint density at radius 2 is 1.94 bits per heavy atom. The molecule has 0 radical (unpaired) electrons. The lowest BCUT2D eigenvalue weighted by molar-refractivity contribution is -0.117. The molecule has 0 saturated heterocycles. The third kappa shape index (κ3) is 4.12. The van der Waals surface area contributed by atoms with E-state index in [4.69, 9.17) is 27.9 Å². The van der Waals surface area contributed by atoms with Crippen LogP contribution in [0.3, 0.4) is 0 Å². The summed E-state index contributed by atoms with van der Waals surface area (Å²) in [5.41, 5.74) is 1.45. The number of hydrogen-bond acceptors (Lipinski definition) is 5. The Kier molecular flexibility index (Phi) is 5.67. The quantitative estimate of drug-likeness (QED) is 0.491. The second kappa shape index (κ2) is 8.41. The number of nitrogens with zero attached hydrogens (tertiary/aromatic N) is 4. The molecule has 1 N–H and O–H groups in total. The number of rotatable bonds is 5. The molecule has 10 heteroatoms. The van der Waals surface area contributed by atoms with Gasteiger partial charge in [0, 0.05) is 15.4 Å². The SMILES string of the molecule is COc1ccc(Cl)cc1NC(=O)Cn1nc(C)c2cnn(-c3cccc(Cl)c3)c2c1=O. The number of aromatic nitrogens is 4. The molecule has 0 aliphatic rings. The van der Waals surface area contributed by atoms with Gasteiger partial charge in [-0.05, 0) is 43.3 Å². The van der Waals surface area contributed by atoms with Crippen molar-refractivity contribution in [1.82, 2.24) is 19.6 Å². The van der Waals surface area contributed by atoms with Gasteiger partial charge >= 0.3 is 0 Å². The van der Waals surface area contributed by atoms with Crippen LogP contribution in [-0.4, -0.2) is 32.6 Å². The maximum Gasteiger partial charge on any atom is 0.293 e. The van der Waals surface area contributed by atoms with E-state index in [0.717, 1.165) is 4.68 Å². The Balaban J connectivity index is 1.71. The van der Waals surface area contributed by atoms with Gasteiger partial charge in [0.2, 0.25) is 5.91 Å². The van der Waals surface area contributed by atoms with Crippen LogP contribution in [0.1, 0.15) is 5.69 Å². The number of nitrogens with one attached hydrogen (secondary N) is 1. The van der Waals surface area contributed by atoms with E-state index in [1.165, 1.54) is 11.8 Å². The maximum atomic E-state index is 13.2. The van der Waals surface area contributed by atoms with Gasteiger partial charge in [-0.1, -0.05) is 29.3 Å². The van der Waals surface area contributed by atoms with Crippen molar-refractivity contribution in [2.75, 3.05) is 12.4 Å². The molecule has 2 heterocycles. The third-order valence-corrected chi connectivity index (χ3v) is 5.12. The van der Waals surface area contributed by atoms with Crippen LogP contribution in [0.25, 0.3) is 16.6 Å². The van der Waals surface area contributed by atoms with Crippen molar-refractivity contribution in [3.05, 3.63) is 74.8 Å². The molecule has 2 aromatic carbocycles. The van der Waals surface area contributed by atoms with Crippen LogP contribution >= 0.6 is 23.2 Å². The molecule has 4 aromatic rings. The molecule has 2 aromatic heterocycles. The molecule has 0 aliphatic heterocycles. The van der Waals surface area contributed by atoms with Crippen LogP contribution in [-0.2, 0) is 11.3 Å². The van der Waals surface area contributed by atoms with Gasteiger partial charge in [-0.15, -0.1) is 0 Å². The molecule has 0 unspecified atom stereocenters. The van der Waals surface area contributed by atoms with Gasteiger partial charge in [0.25, 0.3) is 5.56 Å². The van der Waals surface area contributed by atoms with Crippen LogP contribution in [0.4, 0.5) is 5.69 Å². The summed E-state index contributed by atoms with van der Waals surface area (Å²) in [7, 11) is 1.49.